The fraction of sp³-hybridized carbons (Fsp3) is 0.133. The summed E-state index contributed by atoms with van der Waals surface area (Å²) in [4.78, 5) is 22.1. The molecule has 0 aliphatic carbocycles. The number of aromatic nitrogens is 4. The zero-order chi connectivity index (χ0) is 15.5. The fourth-order valence-electron chi connectivity index (χ4n) is 2.00. The average Bonchev–Trinajstić information content (AvgIpc) is 2.96. The van der Waals surface area contributed by atoms with Crippen molar-refractivity contribution in [2.45, 2.75) is 0 Å². The number of nitrogens with zero attached hydrogens (tertiary/aromatic N) is 6. The molecule has 0 radical (unpaired) electrons. The molecule has 3 aromatic rings. The summed E-state index contributed by atoms with van der Waals surface area (Å²) in [5, 5.41) is 8.17. The van der Waals surface area contributed by atoms with Crippen LogP contribution in [0.3, 0.4) is 0 Å². The van der Waals surface area contributed by atoms with Gasteiger partial charge in [-0.05, 0) is 24.3 Å². The van der Waals surface area contributed by atoms with Crippen LogP contribution in [0.5, 0.6) is 0 Å². The van der Waals surface area contributed by atoms with Crippen molar-refractivity contribution in [2.75, 3.05) is 14.1 Å². The van der Waals surface area contributed by atoms with Crippen molar-refractivity contribution in [3.8, 4) is 0 Å². The number of carbonyl (C=O) groups excluding carboxylic acids is 1. The van der Waals surface area contributed by atoms with Gasteiger partial charge in [0, 0.05) is 26.5 Å². The summed E-state index contributed by atoms with van der Waals surface area (Å²) in [6, 6.07) is 10.9. The van der Waals surface area contributed by atoms with Crippen molar-refractivity contribution in [2.24, 2.45) is 4.99 Å². The summed E-state index contributed by atoms with van der Waals surface area (Å²) in [6.07, 6.45) is 3.09. The summed E-state index contributed by atoms with van der Waals surface area (Å²) >= 11 is 0. The van der Waals surface area contributed by atoms with E-state index in [-0.39, 0.29) is 5.91 Å². The number of rotatable bonds is 1. The van der Waals surface area contributed by atoms with Gasteiger partial charge in [0.25, 0.3) is 5.91 Å². The van der Waals surface area contributed by atoms with Crippen LogP contribution in [0.4, 0.5) is 0 Å². The van der Waals surface area contributed by atoms with Gasteiger partial charge in [-0.2, -0.15) is 9.67 Å². The van der Waals surface area contributed by atoms with Gasteiger partial charge in [0.05, 0.1) is 11.1 Å². The number of amides is 1. The SMILES string of the molecule is CN(C)C(=NC(=O)c1cccnc1)n1nnc2ccccc21. The Balaban J connectivity index is 2.07. The lowest BCUT2D eigenvalue weighted by Gasteiger charge is -2.15. The molecule has 0 unspecified atom stereocenters. The first-order chi connectivity index (χ1) is 10.7. The van der Waals surface area contributed by atoms with Crippen LogP contribution in [-0.2, 0) is 0 Å². The standard InChI is InChI=1S/C15H14N6O/c1-20(2)15(17-14(22)11-6-5-9-16-10-11)21-13-8-4-3-7-12(13)18-19-21/h3-10H,1-2H3. The molecule has 110 valence electrons. The molecule has 0 bridgehead atoms. The highest BCUT2D eigenvalue weighted by Crippen LogP contribution is 2.11. The molecule has 1 amide bonds. The molecule has 2 aromatic heterocycles. The molecule has 0 aliphatic heterocycles. The van der Waals surface area contributed by atoms with Crippen LogP contribution in [0, 0.1) is 0 Å². The first kappa shape index (κ1) is 13.9. The van der Waals surface area contributed by atoms with Gasteiger partial charge < -0.3 is 4.90 Å². The van der Waals surface area contributed by atoms with E-state index in [9.17, 15) is 4.79 Å². The van der Waals surface area contributed by atoms with Crippen LogP contribution in [0.2, 0.25) is 0 Å². The Morgan fingerprint density at radius 2 is 2.00 bits per heavy atom. The molecule has 0 N–H and O–H groups in total. The molecular weight excluding hydrogens is 280 g/mol. The third-order valence-corrected chi connectivity index (χ3v) is 3.05. The van der Waals surface area contributed by atoms with E-state index in [1.54, 1.807) is 42.0 Å². The number of hydrogen-bond acceptors (Lipinski definition) is 4. The molecule has 0 saturated carbocycles. The summed E-state index contributed by atoms with van der Waals surface area (Å²) in [7, 11) is 3.59. The van der Waals surface area contributed by atoms with Crippen molar-refractivity contribution >= 4 is 22.9 Å². The van der Waals surface area contributed by atoms with Crippen LogP contribution < -0.4 is 0 Å². The molecule has 1 aromatic carbocycles. The maximum Gasteiger partial charge on any atom is 0.281 e. The number of benzene rings is 1. The van der Waals surface area contributed by atoms with Gasteiger partial charge in [0.2, 0.25) is 5.96 Å². The fourth-order valence-corrected chi connectivity index (χ4v) is 2.00. The molecule has 7 nitrogen and oxygen atoms in total. The summed E-state index contributed by atoms with van der Waals surface area (Å²) in [6.45, 7) is 0. The van der Waals surface area contributed by atoms with Crippen LogP contribution in [-0.4, -0.2) is 50.8 Å². The molecule has 22 heavy (non-hydrogen) atoms. The number of para-hydroxylation sites is 1. The Kier molecular flexibility index (Phi) is 3.61. The van der Waals surface area contributed by atoms with Gasteiger partial charge in [0.1, 0.15) is 5.52 Å². The predicted octanol–water partition coefficient (Wildman–Crippen LogP) is 1.43. The van der Waals surface area contributed by atoms with E-state index in [4.69, 9.17) is 0 Å². The van der Waals surface area contributed by atoms with E-state index in [0.29, 0.717) is 11.5 Å². The minimum Gasteiger partial charge on any atom is -0.347 e. The zero-order valence-electron chi connectivity index (χ0n) is 12.2. The minimum absolute atomic E-state index is 0.378. The van der Waals surface area contributed by atoms with E-state index in [2.05, 4.69) is 20.3 Å². The molecule has 7 heteroatoms. The Morgan fingerprint density at radius 3 is 2.73 bits per heavy atom. The quantitative estimate of drug-likeness (QED) is 0.501. The van der Waals surface area contributed by atoms with Gasteiger partial charge in [-0.15, -0.1) is 5.10 Å². The Hall–Kier alpha value is -3.09. The number of pyridine rings is 1. The highest BCUT2D eigenvalue weighted by atomic mass is 16.1. The second-order valence-corrected chi connectivity index (χ2v) is 4.84. The van der Waals surface area contributed by atoms with Crippen molar-refractivity contribution in [1.82, 2.24) is 24.9 Å². The van der Waals surface area contributed by atoms with Crippen molar-refractivity contribution in [3.05, 3.63) is 54.4 Å². The van der Waals surface area contributed by atoms with Crippen molar-refractivity contribution < 1.29 is 4.79 Å². The molecule has 2 heterocycles. The molecule has 0 spiro atoms. The Labute approximate surface area is 126 Å². The predicted molar refractivity (Wildman–Crippen MR) is 82.6 cm³/mol. The molecule has 0 aliphatic rings. The third-order valence-electron chi connectivity index (χ3n) is 3.05. The number of hydrogen-bond donors (Lipinski definition) is 0. The highest BCUT2D eigenvalue weighted by molar-refractivity contribution is 6.04. The lowest BCUT2D eigenvalue weighted by Crippen LogP contribution is -2.31. The maximum atomic E-state index is 12.3. The second-order valence-electron chi connectivity index (χ2n) is 4.84. The van der Waals surface area contributed by atoms with Gasteiger partial charge in [0.15, 0.2) is 0 Å². The Morgan fingerprint density at radius 1 is 1.18 bits per heavy atom. The molecule has 0 atom stereocenters. The second kappa shape index (κ2) is 5.72. The van der Waals surface area contributed by atoms with Crippen molar-refractivity contribution in [1.29, 1.82) is 0 Å². The van der Waals surface area contributed by atoms with Crippen molar-refractivity contribution in [3.63, 3.8) is 0 Å². The molecule has 0 fully saturated rings. The van der Waals surface area contributed by atoms with E-state index in [0.717, 1.165) is 11.0 Å². The summed E-state index contributed by atoms with van der Waals surface area (Å²) in [5.74, 6) is 0.0129. The van der Waals surface area contributed by atoms with Crippen LogP contribution >= 0.6 is 0 Å². The lowest BCUT2D eigenvalue weighted by molar-refractivity contribution is 0.100. The van der Waals surface area contributed by atoms with Crippen LogP contribution in [0.15, 0.2) is 53.8 Å². The van der Waals surface area contributed by atoms with Gasteiger partial charge >= 0.3 is 0 Å². The smallest absolute Gasteiger partial charge is 0.281 e. The van der Waals surface area contributed by atoms with E-state index in [1.807, 2.05) is 24.3 Å². The van der Waals surface area contributed by atoms with Gasteiger partial charge in [-0.1, -0.05) is 17.3 Å². The number of carbonyl (C=O) groups is 1. The highest BCUT2D eigenvalue weighted by Gasteiger charge is 2.14. The zero-order valence-corrected chi connectivity index (χ0v) is 12.2. The maximum absolute atomic E-state index is 12.3. The first-order valence-corrected chi connectivity index (χ1v) is 6.68. The Bertz CT molecular complexity index is 837. The summed E-state index contributed by atoms with van der Waals surface area (Å²) < 4.78 is 1.55. The van der Waals surface area contributed by atoms with Crippen LogP contribution in [0.25, 0.3) is 11.0 Å². The summed E-state index contributed by atoms with van der Waals surface area (Å²) in [5.41, 5.74) is 1.95. The topological polar surface area (TPSA) is 76.3 Å². The van der Waals surface area contributed by atoms with E-state index in [1.165, 1.54) is 6.20 Å². The third kappa shape index (κ3) is 2.56. The average molecular weight is 294 g/mol. The first-order valence-electron chi connectivity index (χ1n) is 6.68. The molecule has 3 rings (SSSR count). The van der Waals surface area contributed by atoms with Gasteiger partial charge in [-0.25, -0.2) is 0 Å². The molecular formula is C15H14N6O. The lowest BCUT2D eigenvalue weighted by atomic mass is 10.3. The van der Waals surface area contributed by atoms with Gasteiger partial charge in [-0.3, -0.25) is 9.78 Å². The molecule has 0 saturated heterocycles. The monoisotopic (exact) mass is 294 g/mol. The normalized spacial score (nSPS) is 11.6. The van der Waals surface area contributed by atoms with E-state index < -0.39 is 0 Å². The number of fused-ring (bicyclic) bond motifs is 1. The van der Waals surface area contributed by atoms with Crippen LogP contribution in [0.1, 0.15) is 10.4 Å². The van der Waals surface area contributed by atoms with E-state index >= 15 is 0 Å². The minimum atomic E-state index is -0.378. The largest absolute Gasteiger partial charge is 0.347 e. The number of aliphatic imine (C=N–C) groups is 1.